The number of aromatic nitrogens is 2. The van der Waals surface area contributed by atoms with Gasteiger partial charge in [-0.15, -0.1) is 12.4 Å². The van der Waals surface area contributed by atoms with Gasteiger partial charge < -0.3 is 15.8 Å². The molecule has 0 aliphatic carbocycles. The Labute approximate surface area is 163 Å². The van der Waals surface area contributed by atoms with Crippen LogP contribution in [0.4, 0.5) is 5.69 Å². The van der Waals surface area contributed by atoms with Crippen molar-refractivity contribution in [1.29, 1.82) is 0 Å². The highest BCUT2D eigenvalue weighted by Crippen LogP contribution is 2.15. The van der Waals surface area contributed by atoms with Crippen LogP contribution in [0.15, 0.2) is 41.3 Å². The Hall–Kier alpha value is -2.87. The molecule has 0 aliphatic rings. The predicted octanol–water partition coefficient (Wildman–Crippen LogP) is 1.23. The third-order valence-corrected chi connectivity index (χ3v) is 3.85. The van der Waals surface area contributed by atoms with Crippen LogP contribution in [0.25, 0.3) is 11.4 Å². The second-order valence-electron chi connectivity index (χ2n) is 6.11. The molecule has 0 radical (unpaired) electrons. The van der Waals surface area contributed by atoms with Gasteiger partial charge in [-0.1, -0.05) is 44.2 Å². The topological polar surface area (TPSA) is 116 Å². The lowest BCUT2D eigenvalue weighted by molar-refractivity contribution is -0.146. The zero-order chi connectivity index (χ0) is 19.3. The van der Waals surface area contributed by atoms with Crippen molar-refractivity contribution in [2.75, 3.05) is 12.8 Å². The lowest BCUT2D eigenvalue weighted by atomic mass is 10.0. The number of ether oxygens (including phenoxy) is 1. The van der Waals surface area contributed by atoms with Crippen LogP contribution in [0, 0.1) is 5.92 Å². The average Bonchev–Trinajstić information content (AvgIpc) is 2.63. The molecule has 9 heteroatoms. The number of nitrogens with two attached hydrogens (primary N) is 1. The normalized spacial score (nSPS) is 11.4. The molecule has 0 saturated carbocycles. The summed E-state index contributed by atoms with van der Waals surface area (Å²) >= 11 is 0. The number of carbonyl (C=O) groups excluding carboxylic acids is 2. The lowest BCUT2D eigenvalue weighted by Crippen LogP contribution is -2.47. The van der Waals surface area contributed by atoms with E-state index in [2.05, 4.69) is 10.3 Å². The minimum absolute atomic E-state index is 0. The maximum absolute atomic E-state index is 12.4. The van der Waals surface area contributed by atoms with E-state index in [-0.39, 0.29) is 30.6 Å². The SMILES string of the molecule is COC(=O)[C@@H](NC(=O)Cn1c(-c2ccccc2)ncc(N)c1=O)C(C)C.Cl. The number of methoxy groups -OCH3 is 1. The van der Waals surface area contributed by atoms with E-state index < -0.39 is 23.5 Å². The Morgan fingerprint density at radius 3 is 2.44 bits per heavy atom. The van der Waals surface area contributed by atoms with Gasteiger partial charge in [0.05, 0.1) is 13.3 Å². The van der Waals surface area contributed by atoms with Crippen LogP contribution in [-0.2, 0) is 20.9 Å². The Morgan fingerprint density at radius 2 is 1.89 bits per heavy atom. The minimum Gasteiger partial charge on any atom is -0.467 e. The Balaban J connectivity index is 0.00000364. The summed E-state index contributed by atoms with van der Waals surface area (Å²) in [7, 11) is 1.25. The van der Waals surface area contributed by atoms with Crippen molar-refractivity contribution in [3.05, 3.63) is 46.9 Å². The minimum atomic E-state index is -0.808. The van der Waals surface area contributed by atoms with Crippen LogP contribution >= 0.6 is 12.4 Å². The number of hydrogen-bond acceptors (Lipinski definition) is 6. The van der Waals surface area contributed by atoms with Gasteiger partial charge in [0.25, 0.3) is 5.56 Å². The van der Waals surface area contributed by atoms with Crippen LogP contribution in [0.2, 0.25) is 0 Å². The van der Waals surface area contributed by atoms with Gasteiger partial charge in [0, 0.05) is 5.56 Å². The first kappa shape index (κ1) is 22.2. The summed E-state index contributed by atoms with van der Waals surface area (Å²) in [6, 6.07) is 8.18. The number of anilines is 1. The molecule has 1 heterocycles. The number of carbonyl (C=O) groups is 2. The van der Waals surface area contributed by atoms with E-state index in [0.717, 1.165) is 0 Å². The molecule has 1 aromatic heterocycles. The molecule has 8 nitrogen and oxygen atoms in total. The number of amides is 1. The zero-order valence-corrected chi connectivity index (χ0v) is 16.2. The molecule has 2 aromatic rings. The Kier molecular flexibility index (Phi) is 7.99. The monoisotopic (exact) mass is 394 g/mol. The van der Waals surface area contributed by atoms with Gasteiger partial charge in [-0.05, 0) is 5.92 Å². The van der Waals surface area contributed by atoms with Crippen molar-refractivity contribution < 1.29 is 14.3 Å². The summed E-state index contributed by atoms with van der Waals surface area (Å²) in [6.45, 7) is 3.25. The number of halogens is 1. The van der Waals surface area contributed by atoms with Crippen molar-refractivity contribution in [3.8, 4) is 11.4 Å². The van der Waals surface area contributed by atoms with Gasteiger partial charge in [-0.3, -0.25) is 14.2 Å². The molecule has 1 atom stereocenters. The van der Waals surface area contributed by atoms with E-state index in [1.165, 1.54) is 17.9 Å². The summed E-state index contributed by atoms with van der Waals surface area (Å²) in [5, 5.41) is 2.60. The molecule has 2 rings (SSSR count). The van der Waals surface area contributed by atoms with Gasteiger partial charge in [0.15, 0.2) is 0 Å². The summed E-state index contributed by atoms with van der Waals surface area (Å²) in [6.07, 6.45) is 1.27. The number of nitrogens with one attached hydrogen (secondary N) is 1. The van der Waals surface area contributed by atoms with Crippen molar-refractivity contribution in [2.45, 2.75) is 26.4 Å². The molecular weight excluding hydrogens is 372 g/mol. The fraction of sp³-hybridized carbons (Fsp3) is 0.333. The van der Waals surface area contributed by atoms with Crippen LogP contribution in [-0.4, -0.2) is 34.6 Å². The van der Waals surface area contributed by atoms with Crippen molar-refractivity contribution in [3.63, 3.8) is 0 Å². The third kappa shape index (κ3) is 5.30. The van der Waals surface area contributed by atoms with Crippen LogP contribution in [0.1, 0.15) is 13.8 Å². The molecule has 0 saturated heterocycles. The van der Waals surface area contributed by atoms with E-state index in [4.69, 9.17) is 10.5 Å². The number of rotatable bonds is 6. The first-order chi connectivity index (χ1) is 12.3. The van der Waals surface area contributed by atoms with Gasteiger partial charge in [-0.2, -0.15) is 0 Å². The molecule has 3 N–H and O–H groups in total. The van der Waals surface area contributed by atoms with Crippen molar-refractivity contribution in [2.24, 2.45) is 5.92 Å². The molecular formula is C18H23ClN4O4. The number of benzene rings is 1. The molecule has 0 unspecified atom stereocenters. The molecule has 0 fully saturated rings. The number of esters is 1. The first-order valence-electron chi connectivity index (χ1n) is 8.13. The summed E-state index contributed by atoms with van der Waals surface area (Å²) in [5.41, 5.74) is 5.75. The molecule has 1 aromatic carbocycles. The maximum atomic E-state index is 12.4. The standard InChI is InChI=1S/C18H22N4O4.ClH/c1-11(2)15(18(25)26-3)21-14(23)10-22-16(12-7-5-4-6-8-12)20-9-13(19)17(22)24;/h4-9,11,15H,10,19H2,1-3H3,(H,21,23);1H/t15-;/m0./s1. The molecule has 0 spiro atoms. The number of hydrogen-bond donors (Lipinski definition) is 2. The molecule has 146 valence electrons. The van der Waals surface area contributed by atoms with Crippen LogP contribution in [0.3, 0.4) is 0 Å². The highest BCUT2D eigenvalue weighted by Gasteiger charge is 2.25. The zero-order valence-electron chi connectivity index (χ0n) is 15.3. The molecule has 0 aliphatic heterocycles. The van der Waals surface area contributed by atoms with Gasteiger partial charge in [-0.25, -0.2) is 9.78 Å². The number of nitrogens with zero attached hydrogens (tertiary/aromatic N) is 2. The van der Waals surface area contributed by atoms with E-state index in [0.29, 0.717) is 11.4 Å². The van der Waals surface area contributed by atoms with Gasteiger partial charge in [0.1, 0.15) is 24.1 Å². The summed E-state index contributed by atoms with van der Waals surface area (Å²) in [4.78, 5) is 40.9. The summed E-state index contributed by atoms with van der Waals surface area (Å²) < 4.78 is 5.90. The highest BCUT2D eigenvalue weighted by atomic mass is 35.5. The van der Waals surface area contributed by atoms with Gasteiger partial charge in [0.2, 0.25) is 5.91 Å². The molecule has 1 amide bonds. The molecule has 27 heavy (non-hydrogen) atoms. The average molecular weight is 395 g/mol. The second kappa shape index (κ2) is 9.72. The predicted molar refractivity (Wildman–Crippen MR) is 104 cm³/mol. The maximum Gasteiger partial charge on any atom is 0.328 e. The van der Waals surface area contributed by atoms with Gasteiger partial charge >= 0.3 is 5.97 Å². The van der Waals surface area contributed by atoms with Crippen LogP contribution < -0.4 is 16.6 Å². The van der Waals surface area contributed by atoms with E-state index >= 15 is 0 Å². The first-order valence-corrected chi connectivity index (χ1v) is 8.13. The summed E-state index contributed by atoms with van der Waals surface area (Å²) in [5.74, 6) is -0.912. The van der Waals surface area contributed by atoms with E-state index in [1.807, 2.05) is 6.07 Å². The number of nitrogen functional groups attached to an aromatic ring is 1. The third-order valence-electron chi connectivity index (χ3n) is 3.85. The van der Waals surface area contributed by atoms with Crippen LogP contribution in [0.5, 0.6) is 0 Å². The van der Waals surface area contributed by atoms with E-state index in [9.17, 15) is 14.4 Å². The van der Waals surface area contributed by atoms with Crippen molar-refractivity contribution in [1.82, 2.24) is 14.9 Å². The fourth-order valence-corrected chi connectivity index (χ4v) is 2.46. The largest absolute Gasteiger partial charge is 0.467 e. The Morgan fingerprint density at radius 1 is 1.26 bits per heavy atom. The second-order valence-corrected chi connectivity index (χ2v) is 6.11. The quantitative estimate of drug-likeness (QED) is 0.712. The van der Waals surface area contributed by atoms with E-state index in [1.54, 1.807) is 38.1 Å². The fourth-order valence-electron chi connectivity index (χ4n) is 2.46. The highest BCUT2D eigenvalue weighted by molar-refractivity contribution is 5.85. The molecule has 0 bridgehead atoms. The lowest BCUT2D eigenvalue weighted by Gasteiger charge is -2.20. The smallest absolute Gasteiger partial charge is 0.328 e. The Bertz CT molecular complexity index is 852. The van der Waals surface area contributed by atoms with Crippen molar-refractivity contribution >= 4 is 30.0 Å².